The lowest BCUT2D eigenvalue weighted by Crippen LogP contribution is -2.65. The monoisotopic (exact) mass is 523 g/mol. The molecular formula is C35H44N2P+. The lowest BCUT2D eigenvalue weighted by molar-refractivity contribution is 0.0162. The third kappa shape index (κ3) is 2.57. The van der Waals surface area contributed by atoms with Crippen LogP contribution in [0.1, 0.15) is 77.0 Å². The molecule has 10 aliphatic rings. The molecule has 198 valence electrons. The van der Waals surface area contributed by atoms with E-state index >= 15 is 0 Å². The Morgan fingerprint density at radius 2 is 0.974 bits per heavy atom. The SMILES string of the molecule is c1ccc(N2CCN3c4ccccc4[P+](C45CC6CC(CC(C6)C4)C5)(C45CC6CC(CC(C6)C4)C5)[C@@H]23)cc1. The third-order valence-electron chi connectivity index (χ3n) is 13.7. The summed E-state index contributed by atoms with van der Waals surface area (Å²) in [5, 5.41) is 3.12. The number of rotatable bonds is 3. The number of hydrogen-bond acceptors (Lipinski definition) is 2. The molecule has 2 aromatic carbocycles. The Bertz CT molecular complexity index is 1170. The van der Waals surface area contributed by atoms with Gasteiger partial charge >= 0.3 is 0 Å². The van der Waals surface area contributed by atoms with Gasteiger partial charge in [-0.05, 0) is 137 Å². The zero-order valence-corrected chi connectivity index (χ0v) is 23.9. The van der Waals surface area contributed by atoms with E-state index in [9.17, 15) is 0 Å². The van der Waals surface area contributed by atoms with Gasteiger partial charge in [0.05, 0.1) is 16.0 Å². The van der Waals surface area contributed by atoms with Gasteiger partial charge in [-0.3, -0.25) is 0 Å². The summed E-state index contributed by atoms with van der Waals surface area (Å²) >= 11 is 0. The molecule has 8 aliphatic carbocycles. The smallest absolute Gasteiger partial charge is 0.222 e. The van der Waals surface area contributed by atoms with Crippen LogP contribution in [0.5, 0.6) is 0 Å². The van der Waals surface area contributed by atoms with E-state index < -0.39 is 7.26 Å². The molecule has 3 heteroatoms. The Labute approximate surface area is 229 Å². The molecule has 38 heavy (non-hydrogen) atoms. The number of hydrogen-bond donors (Lipinski definition) is 0. The average molecular weight is 524 g/mol. The number of anilines is 2. The Balaban J connectivity index is 1.28. The van der Waals surface area contributed by atoms with Gasteiger partial charge in [-0.2, -0.15) is 0 Å². The van der Waals surface area contributed by atoms with Crippen molar-refractivity contribution in [3.63, 3.8) is 0 Å². The first-order chi connectivity index (χ1) is 18.7. The van der Waals surface area contributed by atoms with E-state index in [1.165, 1.54) is 18.8 Å². The summed E-state index contributed by atoms with van der Waals surface area (Å²) < 4.78 is 0. The highest BCUT2D eigenvalue weighted by Gasteiger charge is 2.83. The van der Waals surface area contributed by atoms with Crippen molar-refractivity contribution in [2.24, 2.45) is 35.5 Å². The van der Waals surface area contributed by atoms with Gasteiger partial charge in [0.1, 0.15) is 12.6 Å². The van der Waals surface area contributed by atoms with Gasteiger partial charge < -0.3 is 9.80 Å². The maximum absolute atomic E-state index is 3.01. The van der Waals surface area contributed by atoms with Gasteiger partial charge in [0.15, 0.2) is 0 Å². The van der Waals surface area contributed by atoms with Gasteiger partial charge in [-0.25, -0.2) is 0 Å². The average Bonchev–Trinajstić information content (AvgIpc) is 3.45. The second-order valence-electron chi connectivity index (χ2n) is 15.6. The minimum absolute atomic E-state index is 0.598. The second kappa shape index (κ2) is 7.40. The molecule has 1 atom stereocenters. The predicted octanol–water partition coefficient (Wildman–Crippen LogP) is 7.89. The van der Waals surface area contributed by atoms with E-state index in [0.29, 0.717) is 16.2 Å². The molecule has 0 aromatic heterocycles. The van der Waals surface area contributed by atoms with Crippen LogP contribution in [0.25, 0.3) is 0 Å². The van der Waals surface area contributed by atoms with Crippen LogP contribution in [-0.4, -0.2) is 29.3 Å². The molecule has 1 saturated heterocycles. The molecule has 2 aliphatic heterocycles. The predicted molar refractivity (Wildman–Crippen MR) is 160 cm³/mol. The summed E-state index contributed by atoms with van der Waals surface area (Å²) in [7, 11) is -1.61. The van der Waals surface area contributed by atoms with Crippen LogP contribution in [-0.2, 0) is 0 Å². The molecule has 8 saturated carbocycles. The van der Waals surface area contributed by atoms with E-state index in [-0.39, 0.29) is 0 Å². The number of fused-ring (bicyclic) bond motifs is 3. The Hall–Kier alpha value is -1.53. The zero-order chi connectivity index (χ0) is 24.7. The minimum atomic E-state index is -1.61. The molecular weight excluding hydrogens is 479 g/mol. The fraction of sp³-hybridized carbons (Fsp3) is 0.657. The molecule has 0 unspecified atom stereocenters. The van der Waals surface area contributed by atoms with Crippen LogP contribution in [0.3, 0.4) is 0 Å². The van der Waals surface area contributed by atoms with Crippen LogP contribution in [0.4, 0.5) is 11.4 Å². The molecule has 2 heterocycles. The first kappa shape index (κ1) is 22.2. The Morgan fingerprint density at radius 3 is 1.50 bits per heavy atom. The minimum Gasteiger partial charge on any atom is -0.318 e. The van der Waals surface area contributed by atoms with Crippen molar-refractivity contribution >= 4 is 23.9 Å². The van der Waals surface area contributed by atoms with E-state index in [1.54, 1.807) is 82.7 Å². The highest BCUT2D eigenvalue weighted by Crippen LogP contribution is 2.93. The van der Waals surface area contributed by atoms with E-state index in [1.807, 2.05) is 5.30 Å². The maximum atomic E-state index is 3.01. The molecule has 2 aromatic rings. The zero-order valence-electron chi connectivity index (χ0n) is 23.0. The molecule has 0 radical (unpaired) electrons. The summed E-state index contributed by atoms with van der Waals surface area (Å²) in [5.41, 5.74) is 3.18. The van der Waals surface area contributed by atoms with Crippen molar-refractivity contribution in [3.05, 3.63) is 54.6 Å². The molecule has 12 rings (SSSR count). The van der Waals surface area contributed by atoms with Crippen LogP contribution in [0.2, 0.25) is 0 Å². The summed E-state index contributed by atoms with van der Waals surface area (Å²) in [5.74, 6) is 6.79. The van der Waals surface area contributed by atoms with E-state index in [0.717, 1.165) is 35.5 Å². The van der Waals surface area contributed by atoms with Gasteiger partial charge in [0.25, 0.3) is 0 Å². The van der Waals surface area contributed by atoms with Gasteiger partial charge in [0, 0.05) is 18.8 Å². The highest BCUT2D eigenvalue weighted by atomic mass is 31.2. The van der Waals surface area contributed by atoms with Crippen molar-refractivity contribution in [2.75, 3.05) is 22.9 Å². The van der Waals surface area contributed by atoms with Crippen LogP contribution in [0.15, 0.2) is 54.6 Å². The summed E-state index contributed by atoms with van der Waals surface area (Å²) in [6.07, 6.45) is 18.9. The molecule has 0 spiro atoms. The highest BCUT2D eigenvalue weighted by molar-refractivity contribution is 7.87. The van der Waals surface area contributed by atoms with Gasteiger partial charge in [0.2, 0.25) is 5.91 Å². The largest absolute Gasteiger partial charge is 0.318 e. The molecule has 8 bridgehead atoms. The Kier molecular flexibility index (Phi) is 4.32. The molecule has 0 N–H and O–H groups in total. The normalized spacial score (nSPS) is 49.1. The summed E-state index contributed by atoms with van der Waals surface area (Å²) in [6.45, 7) is 2.43. The van der Waals surface area contributed by atoms with Crippen molar-refractivity contribution in [1.29, 1.82) is 0 Å². The number of benzene rings is 2. The summed E-state index contributed by atoms with van der Waals surface area (Å²) in [4.78, 5) is 6.00. The first-order valence-electron chi connectivity index (χ1n) is 16.2. The Morgan fingerprint density at radius 1 is 0.526 bits per heavy atom. The van der Waals surface area contributed by atoms with Crippen LogP contribution < -0.4 is 15.1 Å². The fourth-order valence-corrected chi connectivity index (χ4v) is 22.5. The maximum Gasteiger partial charge on any atom is 0.222 e. The van der Waals surface area contributed by atoms with Crippen molar-refractivity contribution in [1.82, 2.24) is 0 Å². The number of nitrogens with zero attached hydrogens (tertiary/aromatic N) is 2. The van der Waals surface area contributed by atoms with Crippen LogP contribution >= 0.6 is 7.26 Å². The number of para-hydroxylation sites is 2. The lowest BCUT2D eigenvalue weighted by Gasteiger charge is -2.68. The van der Waals surface area contributed by atoms with Gasteiger partial charge in [-0.15, -0.1) is 0 Å². The van der Waals surface area contributed by atoms with E-state index in [4.69, 9.17) is 0 Å². The van der Waals surface area contributed by atoms with E-state index in [2.05, 4.69) is 64.4 Å². The topological polar surface area (TPSA) is 6.48 Å². The van der Waals surface area contributed by atoms with Crippen molar-refractivity contribution < 1.29 is 0 Å². The third-order valence-corrected chi connectivity index (χ3v) is 20.1. The molecule has 2 nitrogen and oxygen atoms in total. The first-order valence-corrected chi connectivity index (χ1v) is 18.1. The molecule has 0 amide bonds. The van der Waals surface area contributed by atoms with Crippen molar-refractivity contribution in [3.8, 4) is 0 Å². The second-order valence-corrected chi connectivity index (χ2v) is 19.9. The quantitative estimate of drug-likeness (QED) is 0.378. The fourth-order valence-electron chi connectivity index (χ4n) is 13.8. The van der Waals surface area contributed by atoms with Crippen LogP contribution in [0, 0.1) is 35.5 Å². The van der Waals surface area contributed by atoms with Crippen molar-refractivity contribution in [2.45, 2.75) is 93.3 Å². The lowest BCUT2D eigenvalue weighted by atomic mass is 9.55. The van der Waals surface area contributed by atoms with Gasteiger partial charge in [-0.1, -0.05) is 30.3 Å². The standard InChI is InChI=1S/C35H44N2P/c1-2-6-30(7-3-1)36-10-11-37-31-8-4-5-9-32(31)38(33(36)37,34-18-24-12-25(19-34)14-26(13-24)20-34)35-21-27-15-28(22-35)17-29(16-27)23-35/h1-9,24-29,33H,10-23H2/q+1/t24?,25?,26?,27?,28?,29?,33-,34?,35?,38?/m0/s1. The summed E-state index contributed by atoms with van der Waals surface area (Å²) in [6, 6.07) is 21.8. The molecule has 9 fully saturated rings.